The van der Waals surface area contributed by atoms with Crippen molar-refractivity contribution in [3.05, 3.63) is 11.1 Å². The lowest BCUT2D eigenvalue weighted by Gasteiger charge is -2.07. The molecule has 1 aliphatic rings. The number of hydrogen-bond acceptors (Lipinski definition) is 5. The molecule has 2 rings (SSSR count). The molecule has 0 saturated carbocycles. The number of ether oxygens (including phenoxy) is 1. The van der Waals surface area contributed by atoms with Crippen LogP contribution in [0.4, 0.5) is 5.13 Å². The number of amides is 2. The summed E-state index contributed by atoms with van der Waals surface area (Å²) in [6.45, 7) is 0.614. The molecule has 0 unspecified atom stereocenters. The van der Waals surface area contributed by atoms with Crippen molar-refractivity contribution in [1.29, 1.82) is 0 Å². The van der Waals surface area contributed by atoms with Crippen molar-refractivity contribution in [2.24, 2.45) is 5.73 Å². The van der Waals surface area contributed by atoms with Crippen LogP contribution in [0.25, 0.3) is 0 Å². The number of anilines is 1. The average molecular weight is 241 g/mol. The smallest absolute Gasteiger partial charge is 0.260 e. The highest BCUT2D eigenvalue weighted by molar-refractivity contribution is 7.17. The monoisotopic (exact) mass is 241 g/mol. The first-order valence-corrected chi connectivity index (χ1v) is 5.66. The van der Waals surface area contributed by atoms with Gasteiger partial charge >= 0.3 is 0 Å². The van der Waals surface area contributed by atoms with Crippen LogP contribution in [0.2, 0.25) is 0 Å². The van der Waals surface area contributed by atoms with Crippen LogP contribution < -0.4 is 11.1 Å². The van der Waals surface area contributed by atoms with Gasteiger partial charge < -0.3 is 10.5 Å². The zero-order valence-electron chi connectivity index (χ0n) is 8.43. The van der Waals surface area contributed by atoms with Crippen LogP contribution >= 0.6 is 11.3 Å². The molecule has 0 radical (unpaired) electrons. The van der Waals surface area contributed by atoms with Crippen molar-refractivity contribution >= 4 is 28.3 Å². The fraction of sp³-hybridized carbons (Fsp3) is 0.444. The molecule has 2 amide bonds. The average Bonchev–Trinajstić information content (AvgIpc) is 2.87. The molecule has 1 aromatic rings. The number of carbonyl (C=O) groups excluding carboxylic acids is 2. The number of rotatable bonds is 3. The normalized spacial score (nSPS) is 19.6. The molecule has 3 N–H and O–H groups in total. The van der Waals surface area contributed by atoms with E-state index in [0.717, 1.165) is 24.2 Å². The molecule has 1 aliphatic heterocycles. The van der Waals surface area contributed by atoms with Crippen LogP contribution in [0.15, 0.2) is 6.20 Å². The Balaban J connectivity index is 1.97. The zero-order valence-corrected chi connectivity index (χ0v) is 9.25. The van der Waals surface area contributed by atoms with Crippen molar-refractivity contribution in [1.82, 2.24) is 4.98 Å². The van der Waals surface area contributed by atoms with Gasteiger partial charge in [-0.1, -0.05) is 11.3 Å². The summed E-state index contributed by atoms with van der Waals surface area (Å²) < 4.78 is 5.21. The van der Waals surface area contributed by atoms with E-state index in [1.165, 1.54) is 6.20 Å². The molecule has 7 heteroatoms. The molecule has 86 valence electrons. The predicted octanol–water partition coefficient (Wildman–Crippen LogP) is 0.359. The number of aromatic nitrogens is 1. The Morgan fingerprint density at radius 1 is 1.62 bits per heavy atom. The van der Waals surface area contributed by atoms with Gasteiger partial charge in [0.15, 0.2) is 5.13 Å². The summed E-state index contributed by atoms with van der Waals surface area (Å²) in [5.41, 5.74) is 5.07. The van der Waals surface area contributed by atoms with Gasteiger partial charge in [0.2, 0.25) is 0 Å². The first-order valence-electron chi connectivity index (χ1n) is 4.85. The molecule has 1 aromatic heterocycles. The highest BCUT2D eigenvalue weighted by Gasteiger charge is 2.24. The molecule has 1 fully saturated rings. The van der Waals surface area contributed by atoms with E-state index < -0.39 is 12.0 Å². The molecule has 0 aromatic carbocycles. The van der Waals surface area contributed by atoms with Crippen LogP contribution in [-0.2, 0) is 9.53 Å². The van der Waals surface area contributed by atoms with E-state index in [4.69, 9.17) is 10.5 Å². The maximum absolute atomic E-state index is 11.6. The van der Waals surface area contributed by atoms with Crippen molar-refractivity contribution in [2.75, 3.05) is 11.9 Å². The quantitative estimate of drug-likeness (QED) is 0.798. The van der Waals surface area contributed by atoms with Crippen LogP contribution in [-0.4, -0.2) is 29.5 Å². The molecule has 1 atom stereocenters. The van der Waals surface area contributed by atoms with E-state index in [1.807, 2.05) is 0 Å². The van der Waals surface area contributed by atoms with Crippen LogP contribution in [0.3, 0.4) is 0 Å². The highest BCUT2D eigenvalue weighted by Crippen LogP contribution is 2.19. The Morgan fingerprint density at radius 2 is 2.44 bits per heavy atom. The minimum atomic E-state index is -0.546. The van der Waals surface area contributed by atoms with E-state index in [2.05, 4.69) is 10.3 Å². The Morgan fingerprint density at radius 3 is 3.00 bits per heavy atom. The Hall–Kier alpha value is -1.47. The maximum atomic E-state index is 11.6. The van der Waals surface area contributed by atoms with Gasteiger partial charge in [0.25, 0.3) is 11.8 Å². The fourth-order valence-electron chi connectivity index (χ4n) is 1.42. The van der Waals surface area contributed by atoms with E-state index >= 15 is 0 Å². The summed E-state index contributed by atoms with van der Waals surface area (Å²) in [7, 11) is 0. The van der Waals surface area contributed by atoms with Crippen LogP contribution in [0, 0.1) is 0 Å². The lowest BCUT2D eigenvalue weighted by molar-refractivity contribution is -0.124. The molecule has 16 heavy (non-hydrogen) atoms. The second-order valence-corrected chi connectivity index (χ2v) is 4.42. The molecule has 0 bridgehead atoms. The van der Waals surface area contributed by atoms with E-state index in [0.29, 0.717) is 16.6 Å². The third-order valence-corrected chi connectivity index (χ3v) is 3.13. The van der Waals surface area contributed by atoms with Gasteiger partial charge in [0.1, 0.15) is 11.0 Å². The Kier molecular flexibility index (Phi) is 3.16. The van der Waals surface area contributed by atoms with Gasteiger partial charge in [-0.2, -0.15) is 0 Å². The minimum absolute atomic E-state index is 0.220. The van der Waals surface area contributed by atoms with Crippen molar-refractivity contribution in [3.63, 3.8) is 0 Å². The summed E-state index contributed by atoms with van der Waals surface area (Å²) in [6.07, 6.45) is 2.56. The van der Waals surface area contributed by atoms with Crippen molar-refractivity contribution in [3.8, 4) is 0 Å². The predicted molar refractivity (Wildman–Crippen MR) is 58.2 cm³/mol. The van der Waals surface area contributed by atoms with Gasteiger partial charge in [-0.3, -0.25) is 14.9 Å². The molecule has 1 saturated heterocycles. The molecule has 0 spiro atoms. The Bertz CT molecular complexity index is 412. The van der Waals surface area contributed by atoms with Crippen LogP contribution in [0.1, 0.15) is 22.5 Å². The topological polar surface area (TPSA) is 94.3 Å². The maximum Gasteiger partial charge on any atom is 0.260 e. The van der Waals surface area contributed by atoms with Gasteiger partial charge in [-0.25, -0.2) is 4.98 Å². The largest absolute Gasteiger partial charge is 0.368 e. The molecule has 0 aliphatic carbocycles. The first kappa shape index (κ1) is 11.0. The summed E-state index contributed by atoms with van der Waals surface area (Å²) in [4.78, 5) is 26.6. The number of carbonyl (C=O) groups is 2. The number of nitrogens with two attached hydrogens (primary N) is 1. The highest BCUT2D eigenvalue weighted by atomic mass is 32.1. The molecular weight excluding hydrogens is 230 g/mol. The number of hydrogen-bond donors (Lipinski definition) is 2. The number of primary amides is 1. The van der Waals surface area contributed by atoms with Crippen molar-refractivity contribution in [2.45, 2.75) is 18.9 Å². The Labute approximate surface area is 95.8 Å². The zero-order chi connectivity index (χ0) is 11.5. The van der Waals surface area contributed by atoms with Gasteiger partial charge in [-0.15, -0.1) is 0 Å². The number of thiazole rings is 1. The van der Waals surface area contributed by atoms with Gasteiger partial charge in [-0.05, 0) is 12.8 Å². The van der Waals surface area contributed by atoms with Gasteiger partial charge in [0.05, 0.1) is 6.20 Å². The lowest BCUT2D eigenvalue weighted by Crippen LogP contribution is -2.26. The second-order valence-electron chi connectivity index (χ2n) is 3.38. The van der Waals surface area contributed by atoms with E-state index in [9.17, 15) is 9.59 Å². The summed E-state index contributed by atoms with van der Waals surface area (Å²) in [5.74, 6) is -0.766. The summed E-state index contributed by atoms with van der Waals surface area (Å²) >= 11 is 1.05. The summed E-state index contributed by atoms with van der Waals surface area (Å²) in [5, 5.41) is 2.96. The molecule has 6 nitrogen and oxygen atoms in total. The minimum Gasteiger partial charge on any atom is -0.368 e. The van der Waals surface area contributed by atoms with Crippen molar-refractivity contribution < 1.29 is 14.3 Å². The van der Waals surface area contributed by atoms with E-state index in [1.54, 1.807) is 0 Å². The lowest BCUT2D eigenvalue weighted by atomic mass is 10.2. The molecular formula is C9H11N3O3S. The first-order chi connectivity index (χ1) is 7.66. The van der Waals surface area contributed by atoms with E-state index in [-0.39, 0.29) is 5.91 Å². The van der Waals surface area contributed by atoms with Gasteiger partial charge in [0, 0.05) is 6.61 Å². The van der Waals surface area contributed by atoms with Crippen LogP contribution in [0.5, 0.6) is 0 Å². The summed E-state index contributed by atoms with van der Waals surface area (Å²) in [6, 6.07) is 0. The number of nitrogens with zero attached hydrogens (tertiary/aromatic N) is 1. The number of nitrogens with one attached hydrogen (secondary N) is 1. The molecule has 2 heterocycles. The fourth-order valence-corrected chi connectivity index (χ4v) is 2.09. The second kappa shape index (κ2) is 4.58. The third-order valence-electron chi connectivity index (χ3n) is 2.20. The standard InChI is InChI=1S/C9H11N3O3S/c10-7(13)6-4-11-9(16-6)12-8(14)5-2-1-3-15-5/h4-5H,1-3H2,(H2,10,13)(H,11,12,14)/t5-/m0/s1. The third kappa shape index (κ3) is 2.37. The SMILES string of the molecule is NC(=O)c1cnc(NC(=O)[C@@H]2CCCO2)s1.